The van der Waals surface area contributed by atoms with E-state index in [9.17, 15) is 9.90 Å². The standard InChI is InChI=1S/C19H17ClN2O2/c20-14-9-8-13(18(24)12-14)4-3-5-15(23)10-11-19-21-16-6-1-2-7-17(16)22-19/h1-4,6-9,12,24H,5,10-11H2,(H,21,22)/b4-3+. The molecule has 0 bridgehead atoms. The summed E-state index contributed by atoms with van der Waals surface area (Å²) in [7, 11) is 0. The van der Waals surface area contributed by atoms with Crippen molar-refractivity contribution in [3.63, 3.8) is 0 Å². The zero-order chi connectivity index (χ0) is 16.9. The van der Waals surface area contributed by atoms with Gasteiger partial charge in [0.25, 0.3) is 0 Å². The number of nitrogens with zero attached hydrogens (tertiary/aromatic N) is 1. The maximum absolute atomic E-state index is 12.0. The summed E-state index contributed by atoms with van der Waals surface area (Å²) in [6, 6.07) is 12.7. The fraction of sp³-hybridized carbons (Fsp3) is 0.158. The molecule has 24 heavy (non-hydrogen) atoms. The number of carbonyl (C=O) groups excluding carboxylic acids is 1. The summed E-state index contributed by atoms with van der Waals surface area (Å²) in [5, 5.41) is 10.2. The van der Waals surface area contributed by atoms with E-state index in [2.05, 4.69) is 9.97 Å². The highest BCUT2D eigenvalue weighted by Crippen LogP contribution is 2.23. The second-order valence-corrected chi connectivity index (χ2v) is 5.99. The Kier molecular flexibility index (Phi) is 4.96. The van der Waals surface area contributed by atoms with E-state index < -0.39 is 0 Å². The average Bonchev–Trinajstić information content (AvgIpc) is 2.98. The largest absolute Gasteiger partial charge is 0.507 e. The number of hydrogen-bond donors (Lipinski definition) is 2. The van der Waals surface area contributed by atoms with Crippen molar-refractivity contribution in [2.24, 2.45) is 0 Å². The number of carbonyl (C=O) groups is 1. The van der Waals surface area contributed by atoms with Crippen LogP contribution in [0.25, 0.3) is 17.1 Å². The van der Waals surface area contributed by atoms with Crippen LogP contribution in [0.5, 0.6) is 5.75 Å². The highest BCUT2D eigenvalue weighted by atomic mass is 35.5. The quantitative estimate of drug-likeness (QED) is 0.693. The molecule has 0 amide bonds. The Morgan fingerprint density at radius 2 is 2.08 bits per heavy atom. The predicted octanol–water partition coefficient (Wildman–Crippen LogP) is 4.53. The van der Waals surface area contributed by atoms with Crippen LogP contribution in [-0.2, 0) is 11.2 Å². The molecule has 4 nitrogen and oxygen atoms in total. The fourth-order valence-electron chi connectivity index (χ4n) is 2.46. The number of allylic oxidation sites excluding steroid dienone is 1. The molecule has 0 saturated carbocycles. The van der Waals surface area contributed by atoms with Gasteiger partial charge in [0.1, 0.15) is 17.4 Å². The molecule has 1 aromatic heterocycles. The van der Waals surface area contributed by atoms with Crippen molar-refractivity contribution in [2.45, 2.75) is 19.3 Å². The van der Waals surface area contributed by atoms with Gasteiger partial charge in [0.15, 0.2) is 0 Å². The van der Waals surface area contributed by atoms with Gasteiger partial charge in [-0.2, -0.15) is 0 Å². The van der Waals surface area contributed by atoms with Crippen LogP contribution in [-0.4, -0.2) is 20.9 Å². The number of nitrogens with one attached hydrogen (secondary N) is 1. The van der Waals surface area contributed by atoms with E-state index in [1.807, 2.05) is 24.3 Å². The van der Waals surface area contributed by atoms with E-state index in [0.717, 1.165) is 16.9 Å². The van der Waals surface area contributed by atoms with Crippen LogP contribution < -0.4 is 0 Å². The second kappa shape index (κ2) is 7.32. The molecule has 0 fully saturated rings. The first kappa shape index (κ1) is 16.3. The summed E-state index contributed by atoms with van der Waals surface area (Å²) < 4.78 is 0. The molecule has 0 saturated heterocycles. The lowest BCUT2D eigenvalue weighted by Gasteiger charge is -1.99. The molecule has 5 heteroatoms. The fourth-order valence-corrected chi connectivity index (χ4v) is 2.63. The smallest absolute Gasteiger partial charge is 0.137 e. The van der Waals surface area contributed by atoms with Gasteiger partial charge in [0.05, 0.1) is 11.0 Å². The Bertz CT molecular complexity index is 866. The lowest BCUT2D eigenvalue weighted by atomic mass is 10.1. The Labute approximate surface area is 144 Å². The number of imidazole rings is 1. The van der Waals surface area contributed by atoms with Gasteiger partial charge >= 0.3 is 0 Å². The molecule has 1 heterocycles. The molecule has 0 radical (unpaired) electrons. The van der Waals surface area contributed by atoms with Crippen molar-refractivity contribution in [3.8, 4) is 5.75 Å². The number of Topliss-reactive ketones (excluding diaryl/α,β-unsaturated/α-hetero) is 1. The molecule has 2 aromatic carbocycles. The molecule has 0 spiro atoms. The molecular formula is C19H17ClN2O2. The van der Waals surface area contributed by atoms with Gasteiger partial charge < -0.3 is 10.1 Å². The summed E-state index contributed by atoms with van der Waals surface area (Å²) in [4.78, 5) is 19.7. The number of aryl methyl sites for hydroxylation is 1. The van der Waals surface area contributed by atoms with Crippen molar-refractivity contribution in [2.75, 3.05) is 0 Å². The number of phenols is 1. The first-order valence-electron chi connectivity index (χ1n) is 7.72. The van der Waals surface area contributed by atoms with Crippen LogP contribution in [0, 0.1) is 0 Å². The molecular weight excluding hydrogens is 324 g/mol. The topological polar surface area (TPSA) is 66.0 Å². The van der Waals surface area contributed by atoms with E-state index in [1.165, 1.54) is 6.07 Å². The van der Waals surface area contributed by atoms with Crippen molar-refractivity contribution in [3.05, 3.63) is 65.0 Å². The van der Waals surface area contributed by atoms with Gasteiger partial charge in [-0.1, -0.05) is 35.9 Å². The number of fused-ring (bicyclic) bond motifs is 1. The maximum atomic E-state index is 12.0. The third-order valence-corrected chi connectivity index (χ3v) is 3.95. The number of ketones is 1. The Morgan fingerprint density at radius 3 is 2.88 bits per heavy atom. The van der Waals surface area contributed by atoms with Crippen LogP contribution in [0.15, 0.2) is 48.5 Å². The summed E-state index contributed by atoms with van der Waals surface area (Å²) >= 11 is 5.78. The van der Waals surface area contributed by atoms with Crippen molar-refractivity contribution in [1.29, 1.82) is 0 Å². The minimum Gasteiger partial charge on any atom is -0.507 e. The number of aromatic nitrogens is 2. The molecule has 0 atom stereocenters. The molecule has 3 rings (SSSR count). The van der Waals surface area contributed by atoms with Crippen molar-refractivity contribution in [1.82, 2.24) is 9.97 Å². The lowest BCUT2D eigenvalue weighted by Crippen LogP contribution is -1.99. The third-order valence-electron chi connectivity index (χ3n) is 3.71. The molecule has 0 aliphatic rings. The van der Waals surface area contributed by atoms with Crippen molar-refractivity contribution < 1.29 is 9.90 Å². The van der Waals surface area contributed by atoms with Crippen LogP contribution in [0.4, 0.5) is 0 Å². The SMILES string of the molecule is O=C(C/C=C/c1ccc(Cl)cc1O)CCc1nc2ccccc2[nH]1. The van der Waals surface area contributed by atoms with Crippen molar-refractivity contribution >= 4 is 34.5 Å². The molecule has 0 aliphatic carbocycles. The monoisotopic (exact) mass is 340 g/mol. The molecule has 122 valence electrons. The second-order valence-electron chi connectivity index (χ2n) is 5.55. The summed E-state index contributed by atoms with van der Waals surface area (Å²) in [5.41, 5.74) is 2.54. The number of rotatable bonds is 6. The van der Waals surface area contributed by atoms with Gasteiger partial charge in [-0.3, -0.25) is 4.79 Å². The predicted molar refractivity (Wildman–Crippen MR) is 96.2 cm³/mol. The number of para-hydroxylation sites is 2. The van der Waals surface area contributed by atoms with E-state index >= 15 is 0 Å². The summed E-state index contributed by atoms with van der Waals surface area (Å²) in [6.45, 7) is 0. The first-order valence-corrected chi connectivity index (χ1v) is 8.10. The number of hydrogen-bond acceptors (Lipinski definition) is 3. The summed E-state index contributed by atoms with van der Waals surface area (Å²) in [5.74, 6) is 1.05. The molecule has 3 aromatic rings. The number of aromatic amines is 1. The Morgan fingerprint density at radius 1 is 1.25 bits per heavy atom. The molecule has 2 N–H and O–H groups in total. The third kappa shape index (κ3) is 4.03. The number of H-pyrrole nitrogens is 1. The zero-order valence-corrected chi connectivity index (χ0v) is 13.8. The normalized spacial score (nSPS) is 11.4. The minimum absolute atomic E-state index is 0.105. The highest BCUT2D eigenvalue weighted by Gasteiger charge is 2.05. The minimum atomic E-state index is 0.105. The van der Waals surface area contributed by atoms with E-state index in [-0.39, 0.29) is 11.5 Å². The van der Waals surface area contributed by atoms with E-state index in [4.69, 9.17) is 11.6 Å². The van der Waals surface area contributed by atoms with E-state index in [1.54, 1.807) is 24.3 Å². The van der Waals surface area contributed by atoms with Crippen LogP contribution in [0.2, 0.25) is 5.02 Å². The lowest BCUT2D eigenvalue weighted by molar-refractivity contribution is -0.118. The van der Waals surface area contributed by atoms with Crippen LogP contribution >= 0.6 is 11.6 Å². The highest BCUT2D eigenvalue weighted by molar-refractivity contribution is 6.30. The zero-order valence-electron chi connectivity index (χ0n) is 13.0. The number of halogens is 1. The summed E-state index contributed by atoms with van der Waals surface area (Å²) in [6.07, 6.45) is 4.82. The van der Waals surface area contributed by atoms with Gasteiger partial charge in [-0.05, 0) is 30.3 Å². The first-order chi connectivity index (χ1) is 11.6. The number of aromatic hydroxyl groups is 1. The molecule has 0 aliphatic heterocycles. The van der Waals surface area contributed by atoms with Crippen LogP contribution in [0.3, 0.4) is 0 Å². The molecule has 0 unspecified atom stereocenters. The van der Waals surface area contributed by atoms with Gasteiger partial charge in [0.2, 0.25) is 0 Å². The van der Waals surface area contributed by atoms with Gasteiger partial charge in [0, 0.05) is 29.8 Å². The van der Waals surface area contributed by atoms with Gasteiger partial charge in [-0.25, -0.2) is 4.98 Å². The van der Waals surface area contributed by atoms with E-state index in [0.29, 0.717) is 29.8 Å². The van der Waals surface area contributed by atoms with Crippen LogP contribution in [0.1, 0.15) is 24.2 Å². The average molecular weight is 341 g/mol. The Hall–Kier alpha value is -2.59. The number of benzene rings is 2. The Balaban J connectivity index is 1.53. The number of phenolic OH excluding ortho intramolecular Hbond substituents is 1. The maximum Gasteiger partial charge on any atom is 0.137 e. The van der Waals surface area contributed by atoms with Gasteiger partial charge in [-0.15, -0.1) is 0 Å².